The van der Waals surface area contributed by atoms with Crippen molar-refractivity contribution in [2.75, 3.05) is 5.73 Å². The first-order chi connectivity index (χ1) is 6.50. The molecule has 0 aliphatic carbocycles. The van der Waals surface area contributed by atoms with E-state index in [1.54, 1.807) is 0 Å². The molecule has 0 fully saturated rings. The second-order valence-corrected chi connectivity index (χ2v) is 3.56. The van der Waals surface area contributed by atoms with Crippen molar-refractivity contribution in [3.05, 3.63) is 11.1 Å². The molecule has 6 nitrogen and oxygen atoms in total. The van der Waals surface area contributed by atoms with Crippen molar-refractivity contribution in [1.82, 2.24) is 10.3 Å². The fourth-order valence-electron chi connectivity index (χ4n) is 0.734. The number of hydrogen-bond donors (Lipinski definition) is 3. The molecule has 14 heavy (non-hydrogen) atoms. The van der Waals surface area contributed by atoms with Gasteiger partial charge in [-0.05, 0) is 6.92 Å². The molecule has 0 aromatic carbocycles. The number of carbonyl (C=O) groups is 2. The summed E-state index contributed by atoms with van der Waals surface area (Å²) in [7, 11) is 0. The molecule has 7 heteroatoms. The molecule has 0 spiro atoms. The largest absolute Gasteiger partial charge is 0.375 e. The Labute approximate surface area is 84.3 Å². The van der Waals surface area contributed by atoms with E-state index in [0.717, 1.165) is 11.3 Å². The number of anilines is 1. The van der Waals surface area contributed by atoms with Crippen LogP contribution in [0.3, 0.4) is 0 Å². The lowest BCUT2D eigenvalue weighted by atomic mass is 10.3. The van der Waals surface area contributed by atoms with Crippen molar-refractivity contribution in [1.29, 1.82) is 0 Å². The first-order valence-corrected chi connectivity index (χ1v) is 4.70. The highest BCUT2D eigenvalue weighted by molar-refractivity contribution is 7.13. The van der Waals surface area contributed by atoms with Gasteiger partial charge in [-0.1, -0.05) is 0 Å². The van der Waals surface area contributed by atoms with Crippen molar-refractivity contribution in [3.8, 4) is 0 Å². The smallest absolute Gasteiger partial charge is 0.271 e. The van der Waals surface area contributed by atoms with E-state index >= 15 is 0 Å². The van der Waals surface area contributed by atoms with Crippen LogP contribution in [0.2, 0.25) is 0 Å². The van der Waals surface area contributed by atoms with E-state index in [1.807, 2.05) is 0 Å². The van der Waals surface area contributed by atoms with Gasteiger partial charge < -0.3 is 16.8 Å². The molecule has 0 saturated carbocycles. The number of carbonyl (C=O) groups excluding carboxylic acids is 2. The van der Waals surface area contributed by atoms with Crippen LogP contribution in [-0.2, 0) is 4.79 Å². The summed E-state index contributed by atoms with van der Waals surface area (Å²) in [5.41, 5.74) is 10.5. The summed E-state index contributed by atoms with van der Waals surface area (Å²) >= 11 is 1.16. The Kier molecular flexibility index (Phi) is 3.03. The van der Waals surface area contributed by atoms with Gasteiger partial charge in [0.15, 0.2) is 5.13 Å². The summed E-state index contributed by atoms with van der Waals surface area (Å²) in [5.74, 6) is -1.05. The molecule has 0 bridgehead atoms. The van der Waals surface area contributed by atoms with E-state index in [2.05, 4.69) is 10.3 Å². The molecule has 0 aliphatic rings. The zero-order chi connectivity index (χ0) is 10.7. The number of thiazole rings is 1. The molecular formula is C7H10N4O2S. The van der Waals surface area contributed by atoms with Crippen LogP contribution in [0.25, 0.3) is 0 Å². The van der Waals surface area contributed by atoms with Gasteiger partial charge in [-0.2, -0.15) is 0 Å². The molecule has 0 radical (unpaired) electrons. The molecule has 0 saturated heterocycles. The molecule has 5 N–H and O–H groups in total. The van der Waals surface area contributed by atoms with Crippen LogP contribution in [0.1, 0.15) is 17.4 Å². The number of nitrogens with one attached hydrogen (secondary N) is 1. The first-order valence-electron chi connectivity index (χ1n) is 3.82. The number of nitrogens with zero attached hydrogens (tertiary/aromatic N) is 1. The van der Waals surface area contributed by atoms with E-state index in [-0.39, 0.29) is 5.69 Å². The average Bonchev–Trinajstić information content (AvgIpc) is 2.51. The van der Waals surface area contributed by atoms with Crippen LogP contribution < -0.4 is 16.8 Å². The Balaban J connectivity index is 2.63. The van der Waals surface area contributed by atoms with E-state index in [9.17, 15) is 9.59 Å². The highest BCUT2D eigenvalue weighted by atomic mass is 32.1. The maximum absolute atomic E-state index is 11.3. The lowest BCUT2D eigenvalue weighted by Crippen LogP contribution is -2.42. The Bertz CT molecular complexity index is 362. The lowest BCUT2D eigenvalue weighted by Gasteiger charge is -2.07. The fraction of sp³-hybridized carbons (Fsp3) is 0.286. The minimum Gasteiger partial charge on any atom is -0.375 e. The Hall–Kier alpha value is -1.63. The van der Waals surface area contributed by atoms with E-state index < -0.39 is 17.9 Å². The third-order valence-electron chi connectivity index (χ3n) is 1.53. The quantitative estimate of drug-likeness (QED) is 0.619. The number of hydrogen-bond acceptors (Lipinski definition) is 5. The summed E-state index contributed by atoms with van der Waals surface area (Å²) in [6, 6.07) is -0.717. The minimum absolute atomic E-state index is 0.195. The standard InChI is InChI=1S/C7H10N4O2S/c1-3(5(8)12)10-6(13)4-2-14-7(9)11-4/h2-3H,1H3,(H2,8,12)(H2,9,11)(H,10,13). The van der Waals surface area contributed by atoms with Crippen LogP contribution >= 0.6 is 11.3 Å². The number of rotatable bonds is 3. The molecule has 0 aliphatic heterocycles. The third-order valence-corrected chi connectivity index (χ3v) is 2.20. The monoisotopic (exact) mass is 214 g/mol. The van der Waals surface area contributed by atoms with Gasteiger partial charge in [0, 0.05) is 5.38 Å². The second kappa shape index (κ2) is 4.05. The third kappa shape index (κ3) is 2.43. The molecule has 76 valence electrons. The Morgan fingerprint density at radius 2 is 2.29 bits per heavy atom. The highest BCUT2D eigenvalue weighted by Gasteiger charge is 2.15. The zero-order valence-corrected chi connectivity index (χ0v) is 8.30. The summed E-state index contributed by atoms with van der Waals surface area (Å²) in [6.45, 7) is 1.50. The van der Waals surface area contributed by atoms with Crippen molar-refractivity contribution < 1.29 is 9.59 Å². The molecule has 1 aromatic heterocycles. The number of nitrogens with two attached hydrogens (primary N) is 2. The van der Waals surface area contributed by atoms with Crippen LogP contribution in [0.4, 0.5) is 5.13 Å². The number of aromatic nitrogens is 1. The van der Waals surface area contributed by atoms with Gasteiger partial charge in [-0.3, -0.25) is 9.59 Å². The van der Waals surface area contributed by atoms with Gasteiger partial charge in [0.2, 0.25) is 5.91 Å². The first kappa shape index (κ1) is 10.5. The SMILES string of the molecule is CC(NC(=O)c1csc(N)n1)C(N)=O. The maximum Gasteiger partial charge on any atom is 0.271 e. The number of primary amides is 1. The molecule has 2 amide bonds. The van der Waals surface area contributed by atoms with Crippen molar-refractivity contribution in [3.63, 3.8) is 0 Å². The summed E-state index contributed by atoms with van der Waals surface area (Å²) in [5, 5.41) is 4.20. The normalized spacial score (nSPS) is 12.1. The zero-order valence-electron chi connectivity index (χ0n) is 7.48. The van der Waals surface area contributed by atoms with Crippen LogP contribution in [0.15, 0.2) is 5.38 Å². The van der Waals surface area contributed by atoms with Gasteiger partial charge >= 0.3 is 0 Å². The van der Waals surface area contributed by atoms with Crippen molar-refractivity contribution in [2.45, 2.75) is 13.0 Å². The number of amides is 2. The maximum atomic E-state index is 11.3. The molecule has 1 aromatic rings. The molecular weight excluding hydrogens is 204 g/mol. The van der Waals surface area contributed by atoms with Gasteiger partial charge in [0.25, 0.3) is 5.91 Å². The minimum atomic E-state index is -0.717. The molecule has 1 rings (SSSR count). The van der Waals surface area contributed by atoms with Gasteiger partial charge in [0.05, 0.1) is 0 Å². The van der Waals surface area contributed by atoms with Crippen molar-refractivity contribution >= 4 is 28.3 Å². The van der Waals surface area contributed by atoms with Gasteiger partial charge in [0.1, 0.15) is 11.7 Å². The van der Waals surface area contributed by atoms with Crippen LogP contribution in [0, 0.1) is 0 Å². The van der Waals surface area contributed by atoms with Crippen LogP contribution in [-0.4, -0.2) is 22.8 Å². The predicted molar refractivity (Wildman–Crippen MR) is 52.6 cm³/mol. The summed E-state index contributed by atoms with van der Waals surface area (Å²) in [6.07, 6.45) is 0. The van der Waals surface area contributed by atoms with E-state index in [0.29, 0.717) is 5.13 Å². The Morgan fingerprint density at radius 3 is 2.71 bits per heavy atom. The molecule has 1 atom stereocenters. The molecule has 1 heterocycles. The topological polar surface area (TPSA) is 111 Å². The average molecular weight is 214 g/mol. The number of nitrogen functional groups attached to an aromatic ring is 1. The fourth-order valence-corrected chi connectivity index (χ4v) is 1.28. The second-order valence-electron chi connectivity index (χ2n) is 2.67. The summed E-state index contributed by atoms with van der Waals surface area (Å²) in [4.78, 5) is 25.7. The lowest BCUT2D eigenvalue weighted by molar-refractivity contribution is -0.119. The van der Waals surface area contributed by atoms with Gasteiger partial charge in [-0.25, -0.2) is 4.98 Å². The Morgan fingerprint density at radius 1 is 1.64 bits per heavy atom. The van der Waals surface area contributed by atoms with Crippen LogP contribution in [0.5, 0.6) is 0 Å². The predicted octanol–water partition coefficient (Wildman–Crippen LogP) is -0.671. The summed E-state index contributed by atoms with van der Waals surface area (Å²) < 4.78 is 0. The highest BCUT2D eigenvalue weighted by Crippen LogP contribution is 2.10. The molecule has 1 unspecified atom stereocenters. The van der Waals surface area contributed by atoms with Gasteiger partial charge in [-0.15, -0.1) is 11.3 Å². The van der Waals surface area contributed by atoms with E-state index in [1.165, 1.54) is 12.3 Å². The van der Waals surface area contributed by atoms with E-state index in [4.69, 9.17) is 11.5 Å². The van der Waals surface area contributed by atoms with Crippen molar-refractivity contribution in [2.24, 2.45) is 5.73 Å².